The third-order valence-corrected chi connectivity index (χ3v) is 2.03. The predicted octanol–water partition coefficient (Wildman–Crippen LogP) is 1.88. The van der Waals surface area contributed by atoms with Gasteiger partial charge >= 0.3 is 5.69 Å². The molecule has 0 aliphatic rings. The van der Waals surface area contributed by atoms with Gasteiger partial charge in [0.1, 0.15) is 5.82 Å². The highest BCUT2D eigenvalue weighted by Gasteiger charge is 2.01. The zero-order chi connectivity index (χ0) is 10.8. The van der Waals surface area contributed by atoms with Gasteiger partial charge in [-0.25, -0.2) is 14.2 Å². The molecule has 4 heteroatoms. The van der Waals surface area contributed by atoms with Gasteiger partial charge in [-0.15, -0.1) is 0 Å². The summed E-state index contributed by atoms with van der Waals surface area (Å²) in [6.07, 6.45) is 1.40. The molecule has 1 heterocycles. The minimum Gasteiger partial charge on any atom is -0.305 e. The molecule has 0 amide bonds. The molecule has 0 atom stereocenters. The number of H-pyrrole nitrogens is 1. The van der Waals surface area contributed by atoms with Crippen LogP contribution in [0, 0.1) is 12.7 Å². The van der Waals surface area contributed by atoms with Gasteiger partial charge in [0.2, 0.25) is 0 Å². The lowest BCUT2D eigenvalue weighted by atomic mass is 10.1. The van der Waals surface area contributed by atoms with Gasteiger partial charge in [-0.2, -0.15) is 0 Å². The smallest absolute Gasteiger partial charge is 0.305 e. The van der Waals surface area contributed by atoms with Crippen LogP contribution in [0.4, 0.5) is 4.39 Å². The minimum absolute atomic E-state index is 0.317. The van der Waals surface area contributed by atoms with Crippen LogP contribution in [-0.2, 0) is 0 Å². The monoisotopic (exact) mass is 204 g/mol. The average Bonchev–Trinajstić information content (AvgIpc) is 2.16. The Hall–Kier alpha value is -1.97. The van der Waals surface area contributed by atoms with E-state index in [9.17, 15) is 9.18 Å². The van der Waals surface area contributed by atoms with Crippen LogP contribution < -0.4 is 5.69 Å². The Kier molecular flexibility index (Phi) is 2.33. The molecule has 0 unspecified atom stereocenters. The minimum atomic E-state index is -0.436. The Morgan fingerprint density at radius 2 is 2.13 bits per heavy atom. The van der Waals surface area contributed by atoms with E-state index in [1.165, 1.54) is 18.3 Å². The summed E-state index contributed by atoms with van der Waals surface area (Å²) in [6.45, 7) is 1.80. The number of halogens is 1. The first kappa shape index (κ1) is 9.58. The second-order valence-corrected chi connectivity index (χ2v) is 3.31. The first-order valence-electron chi connectivity index (χ1n) is 4.48. The van der Waals surface area contributed by atoms with E-state index in [0.29, 0.717) is 11.3 Å². The number of aromatic amines is 1. The summed E-state index contributed by atoms with van der Waals surface area (Å²) in [4.78, 5) is 17.0. The topological polar surface area (TPSA) is 45.8 Å². The molecule has 0 saturated heterocycles. The molecule has 2 aromatic rings. The molecule has 0 spiro atoms. The molecule has 0 aliphatic carbocycles. The fourth-order valence-corrected chi connectivity index (χ4v) is 1.43. The maximum atomic E-state index is 13.1. The quantitative estimate of drug-likeness (QED) is 0.770. The van der Waals surface area contributed by atoms with Crippen molar-refractivity contribution in [3.63, 3.8) is 0 Å². The highest BCUT2D eigenvalue weighted by Crippen LogP contribution is 2.18. The molecular weight excluding hydrogens is 195 g/mol. The third-order valence-electron chi connectivity index (χ3n) is 2.03. The van der Waals surface area contributed by atoms with Gasteiger partial charge in [-0.05, 0) is 36.8 Å². The highest BCUT2D eigenvalue weighted by atomic mass is 19.1. The van der Waals surface area contributed by atoms with Crippen molar-refractivity contribution in [1.82, 2.24) is 9.97 Å². The second kappa shape index (κ2) is 3.65. The van der Waals surface area contributed by atoms with Gasteiger partial charge in [-0.3, -0.25) is 0 Å². The van der Waals surface area contributed by atoms with E-state index >= 15 is 0 Å². The summed E-state index contributed by atoms with van der Waals surface area (Å²) in [5.41, 5.74) is 1.58. The molecule has 2 rings (SSSR count). The number of aromatic nitrogens is 2. The first-order chi connectivity index (χ1) is 7.15. The highest BCUT2D eigenvalue weighted by molar-refractivity contribution is 5.59. The third kappa shape index (κ3) is 2.10. The summed E-state index contributed by atoms with van der Waals surface area (Å²) in [7, 11) is 0. The molecule has 0 saturated carbocycles. The van der Waals surface area contributed by atoms with Gasteiger partial charge in [0.05, 0.1) is 5.69 Å². The zero-order valence-corrected chi connectivity index (χ0v) is 8.12. The second-order valence-electron chi connectivity index (χ2n) is 3.31. The lowest BCUT2D eigenvalue weighted by molar-refractivity contribution is 0.627. The number of benzene rings is 1. The van der Waals surface area contributed by atoms with Crippen molar-refractivity contribution in [3.8, 4) is 11.3 Å². The van der Waals surface area contributed by atoms with Gasteiger partial charge in [0.25, 0.3) is 0 Å². The summed E-state index contributed by atoms with van der Waals surface area (Å²) >= 11 is 0. The fraction of sp³-hybridized carbons (Fsp3) is 0.0909. The number of aryl methyl sites for hydroxylation is 1. The first-order valence-corrected chi connectivity index (χ1v) is 4.48. The van der Waals surface area contributed by atoms with Crippen LogP contribution in [0.15, 0.2) is 35.3 Å². The van der Waals surface area contributed by atoms with Gasteiger partial charge < -0.3 is 4.98 Å². The Labute approximate surface area is 85.6 Å². The van der Waals surface area contributed by atoms with E-state index in [0.717, 1.165) is 5.56 Å². The molecule has 15 heavy (non-hydrogen) atoms. The Morgan fingerprint density at radius 1 is 1.33 bits per heavy atom. The lowest BCUT2D eigenvalue weighted by Gasteiger charge is -2.02. The Morgan fingerprint density at radius 3 is 2.80 bits per heavy atom. The number of hydrogen-bond donors (Lipinski definition) is 1. The molecule has 1 aromatic carbocycles. The molecule has 1 N–H and O–H groups in total. The molecular formula is C11H9FN2O. The summed E-state index contributed by atoms with van der Waals surface area (Å²) in [6, 6.07) is 6.24. The summed E-state index contributed by atoms with van der Waals surface area (Å²) in [5.74, 6) is -0.317. The molecule has 1 aromatic heterocycles. The van der Waals surface area contributed by atoms with Crippen LogP contribution in [0.2, 0.25) is 0 Å². The van der Waals surface area contributed by atoms with Crippen molar-refractivity contribution >= 4 is 0 Å². The molecule has 0 aliphatic heterocycles. The van der Waals surface area contributed by atoms with E-state index in [1.54, 1.807) is 19.1 Å². The van der Waals surface area contributed by atoms with E-state index in [4.69, 9.17) is 0 Å². The van der Waals surface area contributed by atoms with Gasteiger partial charge in [0, 0.05) is 11.8 Å². The van der Waals surface area contributed by atoms with E-state index in [1.807, 2.05) is 0 Å². The van der Waals surface area contributed by atoms with Crippen LogP contribution >= 0.6 is 0 Å². The lowest BCUT2D eigenvalue weighted by Crippen LogP contribution is -2.09. The average molecular weight is 204 g/mol. The largest absolute Gasteiger partial charge is 0.345 e. The van der Waals surface area contributed by atoms with Crippen LogP contribution in [0.3, 0.4) is 0 Å². The normalized spacial score (nSPS) is 10.3. The van der Waals surface area contributed by atoms with E-state index in [-0.39, 0.29) is 5.82 Å². The van der Waals surface area contributed by atoms with Crippen molar-refractivity contribution in [2.24, 2.45) is 0 Å². The maximum Gasteiger partial charge on any atom is 0.345 e. The molecule has 3 nitrogen and oxygen atoms in total. The SMILES string of the molecule is Cc1cc(F)cc(-c2ccnc(=O)[nH]2)c1. The standard InChI is InChI=1S/C11H9FN2O/c1-7-4-8(6-9(12)5-7)10-2-3-13-11(15)14-10/h2-6H,1H3,(H,13,14,15). The van der Waals surface area contributed by atoms with Crippen LogP contribution in [0.1, 0.15) is 5.56 Å². The summed E-state index contributed by atoms with van der Waals surface area (Å²) in [5, 5.41) is 0. The number of nitrogens with zero attached hydrogens (tertiary/aromatic N) is 1. The summed E-state index contributed by atoms with van der Waals surface area (Å²) < 4.78 is 13.1. The van der Waals surface area contributed by atoms with Gasteiger partial charge in [-0.1, -0.05) is 0 Å². The number of nitrogens with one attached hydrogen (secondary N) is 1. The van der Waals surface area contributed by atoms with Crippen molar-refractivity contribution in [2.45, 2.75) is 6.92 Å². The Balaban J connectivity index is 2.58. The predicted molar refractivity (Wildman–Crippen MR) is 55.0 cm³/mol. The van der Waals surface area contributed by atoms with Crippen molar-refractivity contribution in [2.75, 3.05) is 0 Å². The zero-order valence-electron chi connectivity index (χ0n) is 8.12. The molecule has 0 fully saturated rings. The van der Waals surface area contributed by atoms with Crippen LogP contribution in [-0.4, -0.2) is 9.97 Å². The van der Waals surface area contributed by atoms with E-state index in [2.05, 4.69) is 9.97 Å². The van der Waals surface area contributed by atoms with Crippen LogP contribution in [0.25, 0.3) is 11.3 Å². The fourth-order valence-electron chi connectivity index (χ4n) is 1.43. The molecule has 0 radical (unpaired) electrons. The van der Waals surface area contributed by atoms with E-state index < -0.39 is 5.69 Å². The Bertz CT molecular complexity index is 528. The van der Waals surface area contributed by atoms with Crippen molar-refractivity contribution in [3.05, 3.63) is 52.3 Å². The maximum absolute atomic E-state index is 13.1. The number of hydrogen-bond acceptors (Lipinski definition) is 2. The van der Waals surface area contributed by atoms with Crippen LogP contribution in [0.5, 0.6) is 0 Å². The van der Waals surface area contributed by atoms with Crippen molar-refractivity contribution < 1.29 is 4.39 Å². The number of rotatable bonds is 1. The molecule has 76 valence electrons. The van der Waals surface area contributed by atoms with Crippen molar-refractivity contribution in [1.29, 1.82) is 0 Å². The molecule has 0 bridgehead atoms. The van der Waals surface area contributed by atoms with Gasteiger partial charge in [0.15, 0.2) is 0 Å².